The molecule has 0 unspecified atom stereocenters. The third-order valence-electron chi connectivity index (χ3n) is 3.67. The molecule has 0 saturated heterocycles. The number of halogens is 3. The third-order valence-corrected chi connectivity index (χ3v) is 4.51. The number of nitrogens with zero attached hydrogens (tertiary/aromatic N) is 2. The Labute approximate surface area is 146 Å². The van der Waals surface area contributed by atoms with Crippen LogP contribution in [0, 0.1) is 0 Å². The number of amides is 1. The van der Waals surface area contributed by atoms with Gasteiger partial charge in [-0.3, -0.25) is 4.79 Å². The number of rotatable bonds is 6. The van der Waals surface area contributed by atoms with Gasteiger partial charge in [-0.2, -0.15) is 13.2 Å². The first-order chi connectivity index (χ1) is 11.9. The highest BCUT2D eigenvalue weighted by Gasteiger charge is 2.35. The van der Waals surface area contributed by atoms with Gasteiger partial charge in [0.05, 0.1) is 0 Å². The lowest BCUT2D eigenvalue weighted by Crippen LogP contribution is -2.24. The summed E-state index contributed by atoms with van der Waals surface area (Å²) in [7, 11) is 0. The molecule has 25 heavy (non-hydrogen) atoms. The van der Waals surface area contributed by atoms with Crippen molar-refractivity contribution in [2.24, 2.45) is 0 Å². The second-order valence-electron chi connectivity index (χ2n) is 5.76. The van der Waals surface area contributed by atoms with Crippen molar-refractivity contribution in [2.75, 3.05) is 6.54 Å². The highest BCUT2D eigenvalue weighted by Crippen LogP contribution is 2.40. The van der Waals surface area contributed by atoms with Crippen molar-refractivity contribution in [1.29, 1.82) is 0 Å². The van der Waals surface area contributed by atoms with Crippen LogP contribution in [0.15, 0.2) is 29.7 Å². The maximum Gasteiger partial charge on any atom is 0.433 e. The zero-order valence-corrected chi connectivity index (χ0v) is 14.0. The molecule has 132 valence electrons. The van der Waals surface area contributed by atoms with Crippen LogP contribution in [0.25, 0.3) is 6.08 Å². The fraction of sp³-hybridized carbons (Fsp3) is 0.353. The summed E-state index contributed by atoms with van der Waals surface area (Å²) in [4.78, 5) is 20.5. The number of carbonyl (C=O) groups is 1. The van der Waals surface area contributed by atoms with E-state index >= 15 is 0 Å². The summed E-state index contributed by atoms with van der Waals surface area (Å²) in [6.45, 7) is 0.180. The summed E-state index contributed by atoms with van der Waals surface area (Å²) in [5, 5.41) is 4.54. The maximum absolute atomic E-state index is 12.9. The quantitative estimate of drug-likeness (QED) is 0.790. The minimum Gasteiger partial charge on any atom is -0.352 e. The van der Waals surface area contributed by atoms with Gasteiger partial charge >= 0.3 is 6.18 Å². The molecule has 0 bridgehead atoms. The lowest BCUT2D eigenvalue weighted by molar-refractivity contribution is -0.141. The van der Waals surface area contributed by atoms with Crippen LogP contribution in [0.4, 0.5) is 13.2 Å². The number of hydrogen-bond donors (Lipinski definition) is 1. The number of carbonyl (C=O) groups excluding carboxylic acids is 1. The van der Waals surface area contributed by atoms with Gasteiger partial charge in [-0.05, 0) is 36.4 Å². The molecule has 2 heterocycles. The minimum atomic E-state index is -4.49. The van der Waals surface area contributed by atoms with Crippen molar-refractivity contribution in [1.82, 2.24) is 15.3 Å². The van der Waals surface area contributed by atoms with E-state index < -0.39 is 11.9 Å². The topological polar surface area (TPSA) is 54.9 Å². The van der Waals surface area contributed by atoms with Gasteiger partial charge in [0.1, 0.15) is 11.5 Å². The molecule has 0 spiro atoms. The Kier molecular flexibility index (Phi) is 5.17. The van der Waals surface area contributed by atoms with Crippen molar-refractivity contribution >= 4 is 23.3 Å². The van der Waals surface area contributed by atoms with Crippen molar-refractivity contribution in [3.8, 4) is 0 Å². The number of alkyl halides is 3. The van der Waals surface area contributed by atoms with Gasteiger partial charge in [-0.15, -0.1) is 11.3 Å². The number of aromatic nitrogens is 2. The summed E-state index contributed by atoms with van der Waals surface area (Å²) >= 11 is 1.51. The van der Waals surface area contributed by atoms with E-state index in [0.29, 0.717) is 5.69 Å². The highest BCUT2D eigenvalue weighted by molar-refractivity contribution is 7.10. The first kappa shape index (κ1) is 17.6. The Morgan fingerprint density at radius 2 is 2.16 bits per heavy atom. The lowest BCUT2D eigenvalue weighted by atomic mass is 10.2. The molecule has 4 nitrogen and oxygen atoms in total. The van der Waals surface area contributed by atoms with Crippen molar-refractivity contribution in [3.63, 3.8) is 0 Å². The molecule has 0 aromatic carbocycles. The van der Waals surface area contributed by atoms with Crippen LogP contribution in [0.5, 0.6) is 0 Å². The van der Waals surface area contributed by atoms with E-state index in [1.54, 1.807) is 6.08 Å². The molecule has 1 amide bonds. The lowest BCUT2D eigenvalue weighted by Gasteiger charge is -2.10. The van der Waals surface area contributed by atoms with E-state index in [4.69, 9.17) is 0 Å². The maximum atomic E-state index is 12.9. The monoisotopic (exact) mass is 367 g/mol. The van der Waals surface area contributed by atoms with Gasteiger partial charge in [0.15, 0.2) is 0 Å². The standard InChI is InChI=1S/C17H16F3N3OS/c18-17(19,20)14-10-13(11-3-4-11)22-15(23-14)7-8-21-16(24)6-5-12-2-1-9-25-12/h1-2,5-6,9-11H,3-4,7-8H2,(H,21,24)/b6-5+. The van der Waals surface area contributed by atoms with E-state index in [9.17, 15) is 18.0 Å². The molecule has 3 rings (SSSR count). The third kappa shape index (κ3) is 5.12. The molecule has 1 aliphatic rings. The SMILES string of the molecule is O=C(/C=C/c1cccs1)NCCc1nc(C2CC2)cc(C(F)(F)F)n1. The Morgan fingerprint density at radius 3 is 2.80 bits per heavy atom. The Bertz CT molecular complexity index is 768. The molecule has 0 aliphatic heterocycles. The molecule has 1 fully saturated rings. The molecule has 2 aromatic heterocycles. The van der Waals surface area contributed by atoms with E-state index in [2.05, 4.69) is 15.3 Å². The summed E-state index contributed by atoms with van der Waals surface area (Å²) < 4.78 is 38.8. The highest BCUT2D eigenvalue weighted by atomic mass is 32.1. The zero-order chi connectivity index (χ0) is 17.9. The van der Waals surface area contributed by atoms with Crippen LogP contribution in [0.2, 0.25) is 0 Å². The summed E-state index contributed by atoms with van der Waals surface area (Å²) in [6, 6.07) is 4.79. The smallest absolute Gasteiger partial charge is 0.352 e. The Balaban J connectivity index is 1.59. The first-order valence-electron chi connectivity index (χ1n) is 7.86. The van der Waals surface area contributed by atoms with Gasteiger partial charge in [-0.25, -0.2) is 9.97 Å². The van der Waals surface area contributed by atoms with Crippen molar-refractivity contribution in [3.05, 3.63) is 51.7 Å². The van der Waals surface area contributed by atoms with Crippen LogP contribution in [-0.4, -0.2) is 22.4 Å². The average molecular weight is 367 g/mol. The molecule has 0 atom stereocenters. The Morgan fingerprint density at radius 1 is 1.36 bits per heavy atom. The number of nitrogens with one attached hydrogen (secondary N) is 1. The van der Waals surface area contributed by atoms with Crippen LogP contribution >= 0.6 is 11.3 Å². The van der Waals surface area contributed by atoms with Gasteiger partial charge in [0, 0.05) is 35.5 Å². The Hall–Kier alpha value is -2.22. The molecule has 8 heteroatoms. The van der Waals surface area contributed by atoms with Gasteiger partial charge < -0.3 is 5.32 Å². The number of thiophene rings is 1. The normalized spacial score (nSPS) is 14.8. The molecule has 1 saturated carbocycles. The molecular formula is C17H16F3N3OS. The second kappa shape index (κ2) is 7.35. The van der Waals surface area contributed by atoms with Crippen LogP contribution in [-0.2, 0) is 17.4 Å². The van der Waals surface area contributed by atoms with Gasteiger partial charge in [0.25, 0.3) is 0 Å². The van der Waals surface area contributed by atoms with Gasteiger partial charge in [-0.1, -0.05) is 6.07 Å². The molecular weight excluding hydrogens is 351 g/mol. The van der Waals surface area contributed by atoms with Gasteiger partial charge in [0.2, 0.25) is 5.91 Å². The largest absolute Gasteiger partial charge is 0.433 e. The summed E-state index contributed by atoms with van der Waals surface area (Å²) in [5.74, 6) is -0.0896. The van der Waals surface area contributed by atoms with E-state index in [-0.39, 0.29) is 30.6 Å². The van der Waals surface area contributed by atoms with E-state index in [1.807, 2.05) is 17.5 Å². The second-order valence-corrected chi connectivity index (χ2v) is 6.74. The molecule has 0 radical (unpaired) electrons. The zero-order valence-electron chi connectivity index (χ0n) is 13.2. The summed E-state index contributed by atoms with van der Waals surface area (Å²) in [5.41, 5.74) is -0.468. The van der Waals surface area contributed by atoms with Crippen LogP contribution < -0.4 is 5.32 Å². The van der Waals surface area contributed by atoms with Crippen LogP contribution in [0.1, 0.15) is 40.8 Å². The predicted molar refractivity (Wildman–Crippen MR) is 89.1 cm³/mol. The molecule has 1 aliphatic carbocycles. The van der Waals surface area contributed by atoms with E-state index in [0.717, 1.165) is 23.8 Å². The fourth-order valence-electron chi connectivity index (χ4n) is 2.26. The first-order valence-corrected chi connectivity index (χ1v) is 8.74. The minimum absolute atomic E-state index is 0.103. The average Bonchev–Trinajstić information content (AvgIpc) is 3.28. The van der Waals surface area contributed by atoms with E-state index in [1.165, 1.54) is 17.4 Å². The molecule has 2 aromatic rings. The summed E-state index contributed by atoms with van der Waals surface area (Å²) in [6.07, 6.45) is 0.465. The van der Waals surface area contributed by atoms with Crippen LogP contribution in [0.3, 0.4) is 0 Å². The predicted octanol–water partition coefficient (Wildman–Crippen LogP) is 3.81. The number of hydrogen-bond acceptors (Lipinski definition) is 4. The molecule has 1 N–H and O–H groups in total. The fourth-order valence-corrected chi connectivity index (χ4v) is 2.88. The van der Waals surface area contributed by atoms with Crippen molar-refractivity contribution in [2.45, 2.75) is 31.4 Å². The van der Waals surface area contributed by atoms with Crippen molar-refractivity contribution < 1.29 is 18.0 Å².